The van der Waals surface area contributed by atoms with Crippen LogP contribution in [-0.4, -0.2) is 46.9 Å². The normalized spacial score (nSPS) is 18.1. The smallest absolute Gasteiger partial charge is 0.297 e. The van der Waals surface area contributed by atoms with Crippen LogP contribution >= 0.6 is 0 Å². The summed E-state index contributed by atoms with van der Waals surface area (Å²) in [5.41, 5.74) is 0.228. The third-order valence-corrected chi connectivity index (χ3v) is 3.76. The average Bonchev–Trinajstić information content (AvgIpc) is 2.47. The Hall–Kier alpha value is -2.04. The van der Waals surface area contributed by atoms with Gasteiger partial charge >= 0.3 is 5.69 Å². The summed E-state index contributed by atoms with van der Waals surface area (Å²) in [5, 5.41) is 19.5. The molecule has 1 aromatic rings. The van der Waals surface area contributed by atoms with Gasteiger partial charge in [0.2, 0.25) is 5.82 Å². The Morgan fingerprint density at radius 3 is 2.62 bits per heavy atom. The SMILES string of the molecule is CC(C#N)N1CCN(Cc2ccc([N+](=O)[O-])c(F)c2)CC1. The monoisotopic (exact) mass is 292 g/mol. The lowest BCUT2D eigenvalue weighted by Gasteiger charge is -2.35. The molecule has 21 heavy (non-hydrogen) atoms. The van der Waals surface area contributed by atoms with Gasteiger partial charge in [0.15, 0.2) is 0 Å². The Kier molecular flexibility index (Phi) is 4.83. The summed E-state index contributed by atoms with van der Waals surface area (Å²) in [6.45, 7) is 5.62. The molecule has 0 saturated carbocycles. The first kappa shape index (κ1) is 15.4. The zero-order chi connectivity index (χ0) is 15.4. The quantitative estimate of drug-likeness (QED) is 0.624. The van der Waals surface area contributed by atoms with E-state index in [2.05, 4.69) is 15.9 Å². The molecule has 0 bridgehead atoms. The van der Waals surface area contributed by atoms with Gasteiger partial charge in [-0.1, -0.05) is 6.07 Å². The van der Waals surface area contributed by atoms with Gasteiger partial charge < -0.3 is 0 Å². The summed E-state index contributed by atoms with van der Waals surface area (Å²) < 4.78 is 13.6. The van der Waals surface area contributed by atoms with Crippen LogP contribution in [0.15, 0.2) is 18.2 Å². The molecule has 1 fully saturated rings. The number of nitrogens with zero attached hydrogens (tertiary/aromatic N) is 4. The van der Waals surface area contributed by atoms with Crippen molar-refractivity contribution in [3.63, 3.8) is 0 Å². The van der Waals surface area contributed by atoms with E-state index in [-0.39, 0.29) is 6.04 Å². The van der Waals surface area contributed by atoms with Crippen molar-refractivity contribution in [2.75, 3.05) is 26.2 Å². The van der Waals surface area contributed by atoms with Crippen LogP contribution in [0.2, 0.25) is 0 Å². The summed E-state index contributed by atoms with van der Waals surface area (Å²) in [6, 6.07) is 6.14. The minimum absolute atomic E-state index is 0.0935. The molecule has 0 spiro atoms. The van der Waals surface area contributed by atoms with Gasteiger partial charge in [-0.15, -0.1) is 0 Å². The van der Waals surface area contributed by atoms with Crippen LogP contribution in [0.3, 0.4) is 0 Å². The molecule has 0 N–H and O–H groups in total. The summed E-state index contributed by atoms with van der Waals surface area (Å²) in [4.78, 5) is 14.1. The Morgan fingerprint density at radius 1 is 1.43 bits per heavy atom. The van der Waals surface area contributed by atoms with E-state index in [4.69, 9.17) is 5.26 Å². The fourth-order valence-electron chi connectivity index (χ4n) is 2.45. The molecular weight excluding hydrogens is 275 g/mol. The highest BCUT2D eigenvalue weighted by atomic mass is 19.1. The summed E-state index contributed by atoms with van der Waals surface area (Å²) in [7, 11) is 0. The lowest BCUT2D eigenvalue weighted by molar-refractivity contribution is -0.387. The molecule has 1 atom stereocenters. The van der Waals surface area contributed by atoms with Crippen molar-refractivity contribution >= 4 is 5.69 Å². The Labute approximate surface area is 122 Å². The van der Waals surface area contributed by atoms with Crippen molar-refractivity contribution in [2.24, 2.45) is 0 Å². The molecule has 6 nitrogen and oxygen atoms in total. The molecule has 2 rings (SSSR count). The maximum absolute atomic E-state index is 13.6. The van der Waals surface area contributed by atoms with Crippen molar-refractivity contribution in [3.8, 4) is 6.07 Å². The maximum Gasteiger partial charge on any atom is 0.304 e. The van der Waals surface area contributed by atoms with Crippen LogP contribution in [0.5, 0.6) is 0 Å². The number of rotatable bonds is 4. The van der Waals surface area contributed by atoms with Gasteiger partial charge in [0.05, 0.1) is 17.0 Å². The van der Waals surface area contributed by atoms with E-state index in [0.717, 1.165) is 31.7 Å². The minimum Gasteiger partial charge on any atom is -0.297 e. The summed E-state index contributed by atoms with van der Waals surface area (Å²) in [6.07, 6.45) is 0. The first-order valence-corrected chi connectivity index (χ1v) is 6.80. The number of nitro groups is 1. The molecule has 1 saturated heterocycles. The van der Waals surface area contributed by atoms with Gasteiger partial charge in [-0.3, -0.25) is 19.9 Å². The maximum atomic E-state index is 13.6. The molecule has 1 aliphatic heterocycles. The van der Waals surface area contributed by atoms with E-state index in [9.17, 15) is 14.5 Å². The van der Waals surface area contributed by atoms with Crippen LogP contribution in [0, 0.1) is 27.3 Å². The molecule has 0 aromatic heterocycles. The second-order valence-corrected chi connectivity index (χ2v) is 5.16. The third-order valence-electron chi connectivity index (χ3n) is 3.76. The molecule has 1 heterocycles. The molecule has 1 aliphatic rings. The second-order valence-electron chi connectivity index (χ2n) is 5.16. The van der Waals surface area contributed by atoms with E-state index in [1.165, 1.54) is 12.1 Å². The van der Waals surface area contributed by atoms with Crippen LogP contribution in [0.25, 0.3) is 0 Å². The Morgan fingerprint density at radius 2 is 2.10 bits per heavy atom. The van der Waals surface area contributed by atoms with Gasteiger partial charge in [0, 0.05) is 38.8 Å². The number of benzene rings is 1. The topological polar surface area (TPSA) is 73.4 Å². The van der Waals surface area contributed by atoms with Crippen molar-refractivity contribution < 1.29 is 9.31 Å². The van der Waals surface area contributed by atoms with Gasteiger partial charge in [0.25, 0.3) is 0 Å². The van der Waals surface area contributed by atoms with Crippen molar-refractivity contribution in [1.29, 1.82) is 5.26 Å². The molecule has 0 aliphatic carbocycles. The van der Waals surface area contributed by atoms with Crippen LogP contribution < -0.4 is 0 Å². The minimum atomic E-state index is -0.797. The third kappa shape index (κ3) is 3.74. The van der Waals surface area contributed by atoms with Crippen molar-refractivity contribution in [2.45, 2.75) is 19.5 Å². The zero-order valence-corrected chi connectivity index (χ0v) is 11.8. The van der Waals surface area contributed by atoms with Crippen molar-refractivity contribution in [3.05, 3.63) is 39.7 Å². The Bertz CT molecular complexity index is 565. The Balaban J connectivity index is 1.94. The zero-order valence-electron chi connectivity index (χ0n) is 11.8. The van der Waals surface area contributed by atoms with E-state index >= 15 is 0 Å². The lowest BCUT2D eigenvalue weighted by Crippen LogP contribution is -2.48. The summed E-state index contributed by atoms with van der Waals surface area (Å²) in [5.74, 6) is -0.797. The molecule has 112 valence electrons. The summed E-state index contributed by atoms with van der Waals surface area (Å²) >= 11 is 0. The predicted molar refractivity (Wildman–Crippen MR) is 75.0 cm³/mol. The molecule has 0 amide bonds. The highest BCUT2D eigenvalue weighted by molar-refractivity contribution is 5.35. The standard InChI is InChI=1S/C14H17FN4O2/c1-11(9-16)18-6-4-17(5-7-18)10-12-2-3-14(19(20)21)13(15)8-12/h2-3,8,11H,4-7,10H2,1H3. The van der Waals surface area contributed by atoms with Crippen LogP contribution in [0.1, 0.15) is 12.5 Å². The number of halogens is 1. The first-order chi connectivity index (χ1) is 10.0. The highest BCUT2D eigenvalue weighted by Crippen LogP contribution is 2.19. The van der Waals surface area contributed by atoms with Crippen LogP contribution in [-0.2, 0) is 6.54 Å². The highest BCUT2D eigenvalue weighted by Gasteiger charge is 2.21. The molecule has 1 aromatic carbocycles. The predicted octanol–water partition coefficient (Wildman–Crippen LogP) is 1.76. The van der Waals surface area contributed by atoms with E-state index in [1.807, 2.05) is 6.92 Å². The van der Waals surface area contributed by atoms with Gasteiger partial charge in [-0.25, -0.2) is 0 Å². The number of nitro benzene ring substituents is 1. The number of hydrogen-bond acceptors (Lipinski definition) is 5. The van der Waals surface area contributed by atoms with Crippen molar-refractivity contribution in [1.82, 2.24) is 9.80 Å². The van der Waals surface area contributed by atoms with E-state index in [1.54, 1.807) is 6.07 Å². The molecule has 0 radical (unpaired) electrons. The lowest BCUT2D eigenvalue weighted by atomic mass is 10.1. The van der Waals surface area contributed by atoms with Gasteiger partial charge in [-0.05, 0) is 18.6 Å². The molecular formula is C14H17FN4O2. The average molecular weight is 292 g/mol. The molecule has 7 heteroatoms. The number of piperazine rings is 1. The number of nitriles is 1. The van der Waals surface area contributed by atoms with Gasteiger partial charge in [-0.2, -0.15) is 9.65 Å². The number of hydrogen-bond donors (Lipinski definition) is 0. The van der Waals surface area contributed by atoms with E-state index < -0.39 is 16.4 Å². The molecule has 1 unspecified atom stereocenters. The largest absolute Gasteiger partial charge is 0.304 e. The second kappa shape index (κ2) is 6.61. The fraction of sp³-hybridized carbons (Fsp3) is 0.500. The van der Waals surface area contributed by atoms with Crippen LogP contribution in [0.4, 0.5) is 10.1 Å². The fourth-order valence-corrected chi connectivity index (χ4v) is 2.45. The van der Waals surface area contributed by atoms with E-state index in [0.29, 0.717) is 6.54 Å². The van der Waals surface area contributed by atoms with Gasteiger partial charge in [0.1, 0.15) is 0 Å². The first-order valence-electron chi connectivity index (χ1n) is 6.80.